The fourth-order valence-electron chi connectivity index (χ4n) is 4.89. The van der Waals surface area contributed by atoms with E-state index in [0.29, 0.717) is 25.6 Å². The zero-order valence-corrected chi connectivity index (χ0v) is 15.6. The summed E-state index contributed by atoms with van der Waals surface area (Å²) in [4.78, 5) is 17.1. The molecule has 0 aliphatic carbocycles. The highest BCUT2D eigenvalue weighted by atomic mass is 16.3. The Kier molecular flexibility index (Phi) is 5.30. The van der Waals surface area contributed by atoms with Crippen LogP contribution in [0.2, 0.25) is 0 Å². The molecule has 2 unspecified atom stereocenters. The molecular weight excluding hydrogens is 326 g/mol. The molecule has 0 aromatic heterocycles. The zero-order valence-electron chi connectivity index (χ0n) is 15.6. The summed E-state index contributed by atoms with van der Waals surface area (Å²) >= 11 is 0. The summed E-state index contributed by atoms with van der Waals surface area (Å²) in [6.07, 6.45) is 3.79. The predicted molar refractivity (Wildman–Crippen MR) is 102 cm³/mol. The molecule has 3 aliphatic rings. The van der Waals surface area contributed by atoms with Crippen LogP contribution in [0.1, 0.15) is 37.2 Å². The Bertz CT molecular complexity index is 615. The van der Waals surface area contributed by atoms with Crippen LogP contribution >= 0.6 is 0 Å². The number of benzene rings is 1. The van der Waals surface area contributed by atoms with Crippen molar-refractivity contribution >= 4 is 5.91 Å². The topological polar surface area (TPSA) is 55.8 Å². The summed E-state index contributed by atoms with van der Waals surface area (Å²) in [6, 6.07) is 10.7. The van der Waals surface area contributed by atoms with Crippen molar-refractivity contribution in [1.82, 2.24) is 15.1 Å². The van der Waals surface area contributed by atoms with Crippen LogP contribution in [0.4, 0.5) is 0 Å². The number of carbonyl (C=O) groups is 1. The maximum Gasteiger partial charge on any atom is 0.236 e. The number of aliphatic hydroxyl groups is 1. The molecule has 3 saturated heterocycles. The Hall–Kier alpha value is -1.43. The smallest absolute Gasteiger partial charge is 0.236 e. The standard InChI is InChI=1S/C21H31N3O2/c25-20(24-13-9-21(26)8-10-22-14-19(21)15-24)16-23-11-6-18(7-12-23)17-4-2-1-3-5-17/h1-5,18-19,22,26H,6-16H2. The van der Waals surface area contributed by atoms with Crippen LogP contribution in [0.3, 0.4) is 0 Å². The van der Waals surface area contributed by atoms with Gasteiger partial charge in [-0.25, -0.2) is 0 Å². The minimum absolute atomic E-state index is 0.178. The lowest BCUT2D eigenvalue weighted by atomic mass is 9.76. The summed E-state index contributed by atoms with van der Waals surface area (Å²) in [5.41, 5.74) is 0.870. The van der Waals surface area contributed by atoms with Gasteiger partial charge in [-0.15, -0.1) is 0 Å². The second-order valence-electron chi connectivity index (χ2n) is 8.31. The molecule has 3 heterocycles. The Morgan fingerprint density at radius 2 is 1.92 bits per heavy atom. The van der Waals surface area contributed by atoms with Gasteiger partial charge in [-0.2, -0.15) is 0 Å². The van der Waals surface area contributed by atoms with Gasteiger partial charge in [0.1, 0.15) is 0 Å². The van der Waals surface area contributed by atoms with Crippen LogP contribution in [0.15, 0.2) is 30.3 Å². The van der Waals surface area contributed by atoms with Crippen molar-refractivity contribution in [3.63, 3.8) is 0 Å². The molecule has 2 N–H and O–H groups in total. The van der Waals surface area contributed by atoms with Gasteiger partial charge in [-0.3, -0.25) is 9.69 Å². The number of carbonyl (C=O) groups excluding carboxylic acids is 1. The number of fused-ring (bicyclic) bond motifs is 1. The van der Waals surface area contributed by atoms with E-state index in [4.69, 9.17) is 0 Å². The van der Waals surface area contributed by atoms with Crippen LogP contribution < -0.4 is 5.32 Å². The first-order valence-electron chi connectivity index (χ1n) is 10.1. The monoisotopic (exact) mass is 357 g/mol. The number of nitrogens with one attached hydrogen (secondary N) is 1. The quantitative estimate of drug-likeness (QED) is 0.860. The molecule has 0 bridgehead atoms. The lowest BCUT2D eigenvalue weighted by Gasteiger charge is -2.47. The number of hydrogen-bond donors (Lipinski definition) is 2. The molecule has 5 heteroatoms. The van der Waals surface area contributed by atoms with Crippen LogP contribution in [-0.4, -0.2) is 72.2 Å². The van der Waals surface area contributed by atoms with Crippen LogP contribution in [0, 0.1) is 5.92 Å². The van der Waals surface area contributed by atoms with Gasteiger partial charge in [-0.05, 0) is 56.8 Å². The molecule has 26 heavy (non-hydrogen) atoms. The van der Waals surface area contributed by atoms with Crippen LogP contribution in [-0.2, 0) is 4.79 Å². The molecule has 0 radical (unpaired) electrons. The third-order valence-corrected chi connectivity index (χ3v) is 6.71. The van der Waals surface area contributed by atoms with Gasteiger partial charge in [0.15, 0.2) is 0 Å². The normalized spacial score (nSPS) is 30.8. The van der Waals surface area contributed by atoms with Crippen molar-refractivity contribution < 1.29 is 9.90 Å². The molecule has 4 rings (SSSR count). The first kappa shape index (κ1) is 18.0. The van der Waals surface area contributed by atoms with E-state index in [1.807, 2.05) is 4.90 Å². The van der Waals surface area contributed by atoms with Gasteiger partial charge >= 0.3 is 0 Å². The minimum Gasteiger partial charge on any atom is -0.389 e. The van der Waals surface area contributed by atoms with Gasteiger partial charge in [0.2, 0.25) is 5.91 Å². The first-order valence-corrected chi connectivity index (χ1v) is 10.1. The summed E-state index contributed by atoms with van der Waals surface area (Å²) < 4.78 is 0. The molecule has 1 aromatic carbocycles. The molecule has 3 fully saturated rings. The van der Waals surface area contributed by atoms with E-state index >= 15 is 0 Å². The van der Waals surface area contributed by atoms with E-state index in [1.165, 1.54) is 5.56 Å². The Labute approximate surface area is 156 Å². The maximum atomic E-state index is 12.8. The number of amides is 1. The van der Waals surface area contributed by atoms with Crippen molar-refractivity contribution in [1.29, 1.82) is 0 Å². The van der Waals surface area contributed by atoms with Crippen molar-refractivity contribution in [2.75, 3.05) is 45.8 Å². The van der Waals surface area contributed by atoms with Gasteiger partial charge in [0, 0.05) is 25.6 Å². The molecule has 0 saturated carbocycles. The van der Waals surface area contributed by atoms with Crippen LogP contribution in [0.5, 0.6) is 0 Å². The number of nitrogens with zero attached hydrogens (tertiary/aromatic N) is 2. The first-order chi connectivity index (χ1) is 12.6. The average molecular weight is 357 g/mol. The van der Waals surface area contributed by atoms with Crippen molar-refractivity contribution in [3.8, 4) is 0 Å². The minimum atomic E-state index is -0.559. The number of rotatable bonds is 3. The van der Waals surface area contributed by atoms with Gasteiger partial charge in [0.25, 0.3) is 0 Å². The summed E-state index contributed by atoms with van der Waals surface area (Å²) in [5.74, 6) is 1.04. The molecule has 2 atom stereocenters. The average Bonchev–Trinajstić information content (AvgIpc) is 2.68. The van der Waals surface area contributed by atoms with Crippen LogP contribution in [0.25, 0.3) is 0 Å². The highest BCUT2D eigenvalue weighted by molar-refractivity contribution is 5.78. The molecule has 142 valence electrons. The second-order valence-corrected chi connectivity index (χ2v) is 8.31. The van der Waals surface area contributed by atoms with E-state index in [9.17, 15) is 9.90 Å². The highest BCUT2D eigenvalue weighted by Gasteiger charge is 2.43. The zero-order chi connectivity index (χ0) is 18.0. The molecule has 5 nitrogen and oxygen atoms in total. The van der Waals surface area contributed by atoms with Crippen molar-refractivity contribution in [2.45, 2.75) is 37.2 Å². The third kappa shape index (κ3) is 3.80. The number of likely N-dealkylation sites (tertiary alicyclic amines) is 2. The van der Waals surface area contributed by atoms with Crippen molar-refractivity contribution in [2.24, 2.45) is 5.92 Å². The Balaban J connectivity index is 1.27. The van der Waals surface area contributed by atoms with Gasteiger partial charge in [0.05, 0.1) is 12.1 Å². The van der Waals surface area contributed by atoms with E-state index in [1.54, 1.807) is 0 Å². The molecule has 1 amide bonds. The van der Waals surface area contributed by atoms with E-state index in [2.05, 4.69) is 40.5 Å². The lowest BCUT2D eigenvalue weighted by Crippen LogP contribution is -2.60. The largest absolute Gasteiger partial charge is 0.389 e. The maximum absolute atomic E-state index is 12.8. The van der Waals surface area contributed by atoms with E-state index in [-0.39, 0.29) is 11.8 Å². The number of piperidine rings is 3. The predicted octanol–water partition coefficient (Wildman–Crippen LogP) is 1.44. The van der Waals surface area contributed by atoms with E-state index in [0.717, 1.165) is 51.9 Å². The molecule has 0 spiro atoms. The molecule has 1 aromatic rings. The molecule has 3 aliphatic heterocycles. The number of hydrogen-bond acceptors (Lipinski definition) is 4. The second kappa shape index (κ2) is 7.67. The highest BCUT2D eigenvalue weighted by Crippen LogP contribution is 2.33. The fraction of sp³-hybridized carbons (Fsp3) is 0.667. The Morgan fingerprint density at radius 3 is 2.69 bits per heavy atom. The molecular formula is C21H31N3O2. The summed E-state index contributed by atoms with van der Waals surface area (Å²) in [6.45, 7) is 5.62. The SMILES string of the molecule is O=C(CN1CCC(c2ccccc2)CC1)N1CCC2(O)CCNCC2C1. The van der Waals surface area contributed by atoms with Gasteiger partial charge < -0.3 is 15.3 Å². The fourth-order valence-corrected chi connectivity index (χ4v) is 4.89. The third-order valence-electron chi connectivity index (χ3n) is 6.71. The Morgan fingerprint density at radius 1 is 1.15 bits per heavy atom. The van der Waals surface area contributed by atoms with E-state index < -0.39 is 5.60 Å². The summed E-state index contributed by atoms with van der Waals surface area (Å²) in [7, 11) is 0. The van der Waals surface area contributed by atoms with Gasteiger partial charge in [-0.1, -0.05) is 30.3 Å². The van der Waals surface area contributed by atoms with Crippen molar-refractivity contribution in [3.05, 3.63) is 35.9 Å². The summed E-state index contributed by atoms with van der Waals surface area (Å²) in [5, 5.41) is 14.1. The lowest BCUT2D eigenvalue weighted by molar-refractivity contribution is -0.143.